The first kappa shape index (κ1) is 19.4. The molecule has 1 amide bonds. The standard InChI is InChI=1S/C21H25NO4S/c1-4-26-15-8-6-14(7-9-15)12-18(23)22-20-19(21(24)25-3)16-10-5-13(2)11-17(16)27-20/h6-9,13H,4-5,10-12H2,1-3H3,(H,22,23)/t13-/m1/s1. The van der Waals surface area contributed by atoms with E-state index in [9.17, 15) is 9.59 Å². The van der Waals surface area contributed by atoms with Gasteiger partial charge in [-0.25, -0.2) is 4.79 Å². The number of ether oxygens (including phenoxy) is 2. The molecule has 3 rings (SSSR count). The zero-order chi connectivity index (χ0) is 19.4. The fourth-order valence-electron chi connectivity index (χ4n) is 3.38. The maximum Gasteiger partial charge on any atom is 0.341 e. The van der Waals surface area contributed by atoms with Crippen LogP contribution >= 0.6 is 11.3 Å². The van der Waals surface area contributed by atoms with Crippen molar-refractivity contribution in [2.24, 2.45) is 5.92 Å². The van der Waals surface area contributed by atoms with Crippen LogP contribution in [0.2, 0.25) is 0 Å². The molecule has 0 spiro atoms. The van der Waals surface area contributed by atoms with E-state index in [1.54, 1.807) is 0 Å². The summed E-state index contributed by atoms with van der Waals surface area (Å²) in [7, 11) is 1.38. The summed E-state index contributed by atoms with van der Waals surface area (Å²) in [4.78, 5) is 26.0. The number of carbonyl (C=O) groups is 2. The van der Waals surface area contributed by atoms with Gasteiger partial charge in [0.05, 0.1) is 25.7 Å². The van der Waals surface area contributed by atoms with Gasteiger partial charge in [0.15, 0.2) is 0 Å². The number of hydrogen-bond acceptors (Lipinski definition) is 5. The number of benzene rings is 1. The molecule has 1 aromatic carbocycles. The zero-order valence-electron chi connectivity index (χ0n) is 16.0. The summed E-state index contributed by atoms with van der Waals surface area (Å²) in [6.45, 7) is 4.75. The van der Waals surface area contributed by atoms with Crippen molar-refractivity contribution in [3.05, 3.63) is 45.8 Å². The predicted molar refractivity (Wildman–Crippen MR) is 107 cm³/mol. The predicted octanol–water partition coefficient (Wildman–Crippen LogP) is 4.24. The van der Waals surface area contributed by atoms with Crippen molar-refractivity contribution >= 4 is 28.2 Å². The lowest BCUT2D eigenvalue weighted by Crippen LogP contribution is -2.17. The van der Waals surface area contributed by atoms with E-state index in [0.29, 0.717) is 23.1 Å². The van der Waals surface area contributed by atoms with Gasteiger partial charge in [-0.3, -0.25) is 4.79 Å². The Morgan fingerprint density at radius 3 is 2.67 bits per heavy atom. The van der Waals surface area contributed by atoms with E-state index in [1.807, 2.05) is 31.2 Å². The summed E-state index contributed by atoms with van der Waals surface area (Å²) in [6.07, 6.45) is 3.09. The van der Waals surface area contributed by atoms with Crippen LogP contribution in [0, 0.1) is 5.92 Å². The Balaban J connectivity index is 1.76. The summed E-state index contributed by atoms with van der Waals surface area (Å²) in [5, 5.41) is 3.54. The summed E-state index contributed by atoms with van der Waals surface area (Å²) >= 11 is 1.50. The third-order valence-corrected chi connectivity index (χ3v) is 5.92. The Labute approximate surface area is 163 Å². The number of fused-ring (bicyclic) bond motifs is 1. The minimum Gasteiger partial charge on any atom is -0.494 e. The van der Waals surface area contributed by atoms with Gasteiger partial charge in [-0.05, 0) is 55.4 Å². The molecule has 0 saturated carbocycles. The third-order valence-electron chi connectivity index (χ3n) is 4.75. The Hall–Kier alpha value is -2.34. The SMILES string of the molecule is CCOc1ccc(CC(=O)Nc2sc3c(c2C(=O)OC)CC[C@@H](C)C3)cc1. The maximum atomic E-state index is 12.5. The van der Waals surface area contributed by atoms with Crippen molar-refractivity contribution in [1.29, 1.82) is 0 Å². The molecule has 0 saturated heterocycles. The Morgan fingerprint density at radius 1 is 1.26 bits per heavy atom. The van der Waals surface area contributed by atoms with E-state index in [-0.39, 0.29) is 18.3 Å². The minimum atomic E-state index is -0.376. The maximum absolute atomic E-state index is 12.5. The van der Waals surface area contributed by atoms with Crippen LogP contribution in [0.4, 0.5) is 5.00 Å². The normalized spacial score (nSPS) is 15.7. The number of anilines is 1. The van der Waals surface area contributed by atoms with Crippen molar-refractivity contribution in [3.63, 3.8) is 0 Å². The van der Waals surface area contributed by atoms with E-state index < -0.39 is 0 Å². The Kier molecular flexibility index (Phi) is 6.16. The molecule has 1 atom stereocenters. The van der Waals surface area contributed by atoms with Crippen molar-refractivity contribution in [3.8, 4) is 5.75 Å². The highest BCUT2D eigenvalue weighted by molar-refractivity contribution is 7.17. The highest BCUT2D eigenvalue weighted by Gasteiger charge is 2.28. The molecule has 1 aliphatic carbocycles. The van der Waals surface area contributed by atoms with Gasteiger partial charge in [0, 0.05) is 4.88 Å². The van der Waals surface area contributed by atoms with Gasteiger partial charge in [0.25, 0.3) is 0 Å². The molecule has 6 heteroatoms. The largest absolute Gasteiger partial charge is 0.494 e. The van der Waals surface area contributed by atoms with Gasteiger partial charge < -0.3 is 14.8 Å². The van der Waals surface area contributed by atoms with Crippen LogP contribution in [0.1, 0.15) is 46.6 Å². The molecule has 1 aliphatic rings. The Morgan fingerprint density at radius 2 is 2.00 bits per heavy atom. The van der Waals surface area contributed by atoms with E-state index in [4.69, 9.17) is 9.47 Å². The lowest BCUT2D eigenvalue weighted by molar-refractivity contribution is -0.115. The quantitative estimate of drug-likeness (QED) is 0.753. The number of methoxy groups -OCH3 is 1. The van der Waals surface area contributed by atoms with Crippen LogP contribution in [-0.2, 0) is 28.8 Å². The number of amides is 1. The van der Waals surface area contributed by atoms with E-state index in [1.165, 1.54) is 23.3 Å². The number of esters is 1. The number of carbonyl (C=O) groups excluding carboxylic acids is 2. The molecule has 1 N–H and O–H groups in total. The first-order valence-corrected chi connectivity index (χ1v) is 10.1. The topological polar surface area (TPSA) is 64.6 Å². The summed E-state index contributed by atoms with van der Waals surface area (Å²) in [5.74, 6) is 0.859. The van der Waals surface area contributed by atoms with Crippen LogP contribution in [0.25, 0.3) is 0 Å². The smallest absolute Gasteiger partial charge is 0.341 e. The molecule has 5 nitrogen and oxygen atoms in total. The zero-order valence-corrected chi connectivity index (χ0v) is 16.8. The number of nitrogens with one attached hydrogen (secondary N) is 1. The van der Waals surface area contributed by atoms with Crippen LogP contribution in [0.3, 0.4) is 0 Å². The molecular weight excluding hydrogens is 362 g/mol. The third kappa shape index (κ3) is 4.50. The van der Waals surface area contributed by atoms with E-state index in [2.05, 4.69) is 12.2 Å². The molecule has 0 bridgehead atoms. The van der Waals surface area contributed by atoms with Crippen molar-refractivity contribution < 1.29 is 19.1 Å². The molecular formula is C21H25NO4S. The van der Waals surface area contributed by atoms with Gasteiger partial charge in [0.1, 0.15) is 10.8 Å². The molecule has 0 unspecified atom stereocenters. The van der Waals surface area contributed by atoms with Crippen LogP contribution in [0.15, 0.2) is 24.3 Å². The second-order valence-corrected chi connectivity index (χ2v) is 7.95. The van der Waals surface area contributed by atoms with Crippen LogP contribution in [0.5, 0.6) is 5.75 Å². The highest BCUT2D eigenvalue weighted by Crippen LogP contribution is 2.40. The lowest BCUT2D eigenvalue weighted by atomic mass is 9.88. The summed E-state index contributed by atoms with van der Waals surface area (Å²) in [5.41, 5.74) is 2.47. The molecule has 1 heterocycles. The average molecular weight is 388 g/mol. The first-order valence-electron chi connectivity index (χ1n) is 9.26. The fraction of sp³-hybridized carbons (Fsp3) is 0.429. The van der Waals surface area contributed by atoms with Crippen molar-refractivity contribution in [1.82, 2.24) is 0 Å². The molecule has 0 aliphatic heterocycles. The first-order chi connectivity index (χ1) is 13.0. The molecule has 0 radical (unpaired) electrons. The number of hydrogen-bond donors (Lipinski definition) is 1. The number of thiophene rings is 1. The van der Waals surface area contributed by atoms with Gasteiger partial charge >= 0.3 is 5.97 Å². The molecule has 2 aromatic rings. The fourth-order valence-corrected chi connectivity index (χ4v) is 4.80. The van der Waals surface area contributed by atoms with Crippen molar-refractivity contribution in [2.75, 3.05) is 19.0 Å². The van der Waals surface area contributed by atoms with Gasteiger partial charge in [-0.15, -0.1) is 11.3 Å². The second-order valence-electron chi connectivity index (χ2n) is 6.85. The molecule has 144 valence electrons. The summed E-state index contributed by atoms with van der Waals surface area (Å²) in [6, 6.07) is 7.48. The van der Waals surface area contributed by atoms with Crippen LogP contribution < -0.4 is 10.1 Å². The van der Waals surface area contributed by atoms with Gasteiger partial charge in [-0.1, -0.05) is 19.1 Å². The number of rotatable bonds is 6. The molecule has 1 aromatic heterocycles. The molecule has 0 fully saturated rings. The molecule has 27 heavy (non-hydrogen) atoms. The van der Waals surface area contributed by atoms with Gasteiger partial charge in [0.2, 0.25) is 5.91 Å². The van der Waals surface area contributed by atoms with Crippen LogP contribution in [-0.4, -0.2) is 25.6 Å². The van der Waals surface area contributed by atoms with Crippen molar-refractivity contribution in [2.45, 2.75) is 39.5 Å². The van der Waals surface area contributed by atoms with E-state index in [0.717, 1.165) is 36.1 Å². The van der Waals surface area contributed by atoms with Gasteiger partial charge in [-0.2, -0.15) is 0 Å². The summed E-state index contributed by atoms with van der Waals surface area (Å²) < 4.78 is 10.4. The highest BCUT2D eigenvalue weighted by atomic mass is 32.1. The lowest BCUT2D eigenvalue weighted by Gasteiger charge is -2.18. The Bertz CT molecular complexity index is 825. The average Bonchev–Trinajstić information content (AvgIpc) is 2.99. The monoisotopic (exact) mass is 387 g/mol. The van der Waals surface area contributed by atoms with E-state index >= 15 is 0 Å². The second kappa shape index (κ2) is 8.57. The minimum absolute atomic E-state index is 0.143.